The van der Waals surface area contributed by atoms with E-state index in [1.54, 1.807) is 0 Å². The van der Waals surface area contributed by atoms with Gasteiger partial charge in [0.2, 0.25) is 0 Å². The van der Waals surface area contributed by atoms with Crippen LogP contribution in [0.25, 0.3) is 0 Å². The van der Waals surface area contributed by atoms with Crippen molar-refractivity contribution < 1.29 is 8.78 Å². The fraction of sp³-hybridized carbons (Fsp3) is 0.200. The summed E-state index contributed by atoms with van der Waals surface area (Å²) in [5.74, 6) is -1.72. The first-order chi connectivity index (χ1) is 8.58. The zero-order valence-electron chi connectivity index (χ0n) is 9.96. The van der Waals surface area contributed by atoms with Crippen LogP contribution in [-0.2, 0) is 6.42 Å². The lowest BCUT2D eigenvalue weighted by molar-refractivity contribution is 0.497. The van der Waals surface area contributed by atoms with E-state index in [4.69, 9.17) is 11.6 Å². The summed E-state index contributed by atoms with van der Waals surface area (Å²) < 4.78 is 26.7. The van der Waals surface area contributed by atoms with Crippen molar-refractivity contribution in [3.8, 4) is 0 Å². The molecular formula is C15H13ClF2. The average Bonchev–Trinajstić information content (AvgIpc) is 2.32. The van der Waals surface area contributed by atoms with Crippen LogP contribution in [0.1, 0.15) is 22.1 Å². The summed E-state index contributed by atoms with van der Waals surface area (Å²) in [6.45, 7) is 1.98. The molecule has 2 aromatic rings. The molecule has 0 aliphatic rings. The molecule has 0 radical (unpaired) electrons. The van der Waals surface area contributed by atoms with Crippen molar-refractivity contribution in [3.63, 3.8) is 0 Å². The first-order valence-corrected chi connectivity index (χ1v) is 6.15. The van der Waals surface area contributed by atoms with Gasteiger partial charge in [0.1, 0.15) is 0 Å². The quantitative estimate of drug-likeness (QED) is 0.701. The summed E-state index contributed by atoms with van der Waals surface area (Å²) in [6, 6.07) is 11.9. The number of aryl methyl sites for hydroxylation is 1. The number of rotatable bonds is 3. The summed E-state index contributed by atoms with van der Waals surface area (Å²) >= 11 is 6.16. The summed E-state index contributed by atoms with van der Waals surface area (Å²) in [4.78, 5) is 0. The van der Waals surface area contributed by atoms with Crippen LogP contribution in [0.15, 0.2) is 42.5 Å². The van der Waals surface area contributed by atoms with Crippen molar-refractivity contribution in [3.05, 3.63) is 70.8 Å². The minimum absolute atomic E-state index is 0.207. The van der Waals surface area contributed by atoms with Gasteiger partial charge in [0.05, 0.1) is 5.38 Å². The molecule has 0 bridgehead atoms. The fourth-order valence-corrected chi connectivity index (χ4v) is 2.27. The standard InChI is InChI=1S/C15H13ClF2/c1-10-4-2-5-11(8-10)9-13(16)12-6-3-7-14(17)15(12)18/h2-8,13H,9H2,1H3. The number of hydrogen-bond acceptors (Lipinski definition) is 0. The Kier molecular flexibility index (Phi) is 3.97. The van der Waals surface area contributed by atoms with Crippen LogP contribution in [-0.4, -0.2) is 0 Å². The first-order valence-electron chi connectivity index (χ1n) is 5.71. The minimum Gasteiger partial charge on any atom is -0.204 e. The largest absolute Gasteiger partial charge is 0.204 e. The molecule has 94 valence electrons. The second kappa shape index (κ2) is 5.49. The van der Waals surface area contributed by atoms with Crippen LogP contribution in [0.2, 0.25) is 0 Å². The monoisotopic (exact) mass is 266 g/mol. The Bertz CT molecular complexity index is 552. The van der Waals surface area contributed by atoms with Crippen LogP contribution in [0.4, 0.5) is 8.78 Å². The third kappa shape index (κ3) is 2.88. The van der Waals surface area contributed by atoms with Gasteiger partial charge < -0.3 is 0 Å². The van der Waals surface area contributed by atoms with E-state index >= 15 is 0 Å². The molecule has 0 spiro atoms. The van der Waals surface area contributed by atoms with Gasteiger partial charge in [-0.3, -0.25) is 0 Å². The van der Waals surface area contributed by atoms with Crippen molar-refractivity contribution in [2.75, 3.05) is 0 Å². The van der Waals surface area contributed by atoms with Gasteiger partial charge in [-0.1, -0.05) is 42.0 Å². The summed E-state index contributed by atoms with van der Waals surface area (Å²) in [7, 11) is 0. The second-order valence-electron chi connectivity index (χ2n) is 4.30. The summed E-state index contributed by atoms with van der Waals surface area (Å²) in [5, 5.41) is -0.567. The van der Waals surface area contributed by atoms with Crippen molar-refractivity contribution >= 4 is 11.6 Å². The van der Waals surface area contributed by atoms with Crippen LogP contribution in [0, 0.1) is 18.6 Å². The van der Waals surface area contributed by atoms with E-state index in [1.807, 2.05) is 31.2 Å². The van der Waals surface area contributed by atoms with Gasteiger partial charge in [-0.2, -0.15) is 0 Å². The third-order valence-corrected chi connectivity index (χ3v) is 3.21. The average molecular weight is 267 g/mol. The zero-order valence-corrected chi connectivity index (χ0v) is 10.7. The molecule has 1 atom stereocenters. The van der Waals surface area contributed by atoms with Crippen LogP contribution < -0.4 is 0 Å². The molecule has 0 saturated carbocycles. The summed E-state index contributed by atoms with van der Waals surface area (Å²) in [5.41, 5.74) is 2.34. The van der Waals surface area contributed by atoms with Gasteiger partial charge in [0.25, 0.3) is 0 Å². The molecule has 0 aliphatic carbocycles. The van der Waals surface area contributed by atoms with Crippen molar-refractivity contribution in [2.24, 2.45) is 0 Å². The number of alkyl halides is 1. The Hall–Kier alpha value is -1.41. The second-order valence-corrected chi connectivity index (χ2v) is 4.83. The van der Waals surface area contributed by atoms with E-state index in [9.17, 15) is 8.78 Å². The third-order valence-electron chi connectivity index (χ3n) is 2.82. The maximum absolute atomic E-state index is 13.6. The van der Waals surface area contributed by atoms with E-state index in [-0.39, 0.29) is 5.56 Å². The molecule has 3 heteroatoms. The van der Waals surface area contributed by atoms with Crippen LogP contribution >= 0.6 is 11.6 Å². The first kappa shape index (κ1) is 13.0. The molecule has 1 unspecified atom stereocenters. The van der Waals surface area contributed by atoms with Crippen LogP contribution in [0.5, 0.6) is 0 Å². The highest BCUT2D eigenvalue weighted by Gasteiger charge is 2.16. The fourth-order valence-electron chi connectivity index (χ4n) is 1.92. The molecular weight excluding hydrogens is 254 g/mol. The Morgan fingerprint density at radius 3 is 2.56 bits per heavy atom. The van der Waals surface area contributed by atoms with Gasteiger partial charge in [0, 0.05) is 5.56 Å². The maximum atomic E-state index is 13.6. The molecule has 0 heterocycles. The molecule has 0 aromatic heterocycles. The predicted octanol–water partition coefficient (Wildman–Crippen LogP) is 4.80. The maximum Gasteiger partial charge on any atom is 0.163 e. The molecule has 18 heavy (non-hydrogen) atoms. The summed E-state index contributed by atoms with van der Waals surface area (Å²) in [6.07, 6.45) is 0.476. The predicted molar refractivity (Wildman–Crippen MR) is 69.8 cm³/mol. The highest BCUT2D eigenvalue weighted by Crippen LogP contribution is 2.28. The minimum atomic E-state index is -0.859. The van der Waals surface area contributed by atoms with Gasteiger partial charge in [0.15, 0.2) is 11.6 Å². The topological polar surface area (TPSA) is 0 Å². The molecule has 0 saturated heterocycles. The Morgan fingerprint density at radius 2 is 1.83 bits per heavy atom. The Labute approximate surface area is 110 Å². The highest BCUT2D eigenvalue weighted by molar-refractivity contribution is 6.20. The molecule has 2 aromatic carbocycles. The number of halogens is 3. The molecule has 2 rings (SSSR count). The Balaban J connectivity index is 2.22. The normalized spacial score (nSPS) is 12.4. The SMILES string of the molecule is Cc1cccc(CC(Cl)c2cccc(F)c2F)c1. The van der Waals surface area contributed by atoms with E-state index in [0.717, 1.165) is 17.2 Å². The lowest BCUT2D eigenvalue weighted by Crippen LogP contribution is -2.01. The Morgan fingerprint density at radius 1 is 1.11 bits per heavy atom. The highest BCUT2D eigenvalue weighted by atomic mass is 35.5. The number of benzene rings is 2. The lowest BCUT2D eigenvalue weighted by atomic mass is 10.0. The van der Waals surface area contributed by atoms with Gasteiger partial charge >= 0.3 is 0 Å². The van der Waals surface area contributed by atoms with Gasteiger partial charge in [-0.05, 0) is 25.0 Å². The van der Waals surface area contributed by atoms with E-state index < -0.39 is 17.0 Å². The molecule has 0 nitrogen and oxygen atoms in total. The molecule has 0 N–H and O–H groups in total. The molecule has 0 aliphatic heterocycles. The lowest BCUT2D eigenvalue weighted by Gasteiger charge is -2.11. The number of hydrogen-bond donors (Lipinski definition) is 0. The van der Waals surface area contributed by atoms with Crippen molar-refractivity contribution in [1.29, 1.82) is 0 Å². The zero-order chi connectivity index (χ0) is 13.1. The molecule has 0 amide bonds. The van der Waals surface area contributed by atoms with Crippen LogP contribution in [0.3, 0.4) is 0 Å². The van der Waals surface area contributed by atoms with Gasteiger partial charge in [-0.25, -0.2) is 8.78 Å². The van der Waals surface area contributed by atoms with Gasteiger partial charge in [-0.15, -0.1) is 11.6 Å². The van der Waals surface area contributed by atoms with E-state index in [2.05, 4.69) is 0 Å². The van der Waals surface area contributed by atoms with Crippen molar-refractivity contribution in [2.45, 2.75) is 18.7 Å². The van der Waals surface area contributed by atoms with E-state index in [0.29, 0.717) is 6.42 Å². The van der Waals surface area contributed by atoms with E-state index in [1.165, 1.54) is 12.1 Å². The molecule has 0 fully saturated rings. The smallest absolute Gasteiger partial charge is 0.163 e. The van der Waals surface area contributed by atoms with Crippen molar-refractivity contribution in [1.82, 2.24) is 0 Å².